The number of rotatable bonds is 6. The van der Waals surface area contributed by atoms with Crippen molar-refractivity contribution in [3.8, 4) is 0 Å². The summed E-state index contributed by atoms with van der Waals surface area (Å²) in [7, 11) is 0. The van der Waals surface area contributed by atoms with Crippen LogP contribution in [0.4, 0.5) is 11.4 Å². The van der Waals surface area contributed by atoms with Crippen LogP contribution in [0.2, 0.25) is 10.0 Å². The van der Waals surface area contributed by atoms with Crippen molar-refractivity contribution in [3.63, 3.8) is 0 Å². The molecule has 2 saturated carbocycles. The number of benzene rings is 1. The molecule has 20 heavy (non-hydrogen) atoms. The molecule has 0 atom stereocenters. The van der Waals surface area contributed by atoms with Gasteiger partial charge in [0.1, 0.15) is 5.69 Å². The molecule has 0 heterocycles. The lowest BCUT2D eigenvalue weighted by Gasteiger charge is -2.17. The van der Waals surface area contributed by atoms with Gasteiger partial charge in [-0.2, -0.15) is 0 Å². The highest BCUT2D eigenvalue weighted by Gasteiger charge is 2.41. The van der Waals surface area contributed by atoms with Gasteiger partial charge in [0.15, 0.2) is 0 Å². The first-order valence-electron chi connectivity index (χ1n) is 6.93. The number of halogens is 2. The standard InChI is InChI=1S/C14H16Cl2N2O2/c15-11-5-13(14(18(19)20)6-12(11)16)17-7-10(8-1-2-8)9-3-4-9/h5-6,8-10,17H,1-4,7H2. The molecule has 0 amide bonds. The molecule has 3 rings (SSSR count). The lowest BCUT2D eigenvalue weighted by Crippen LogP contribution is -2.18. The maximum atomic E-state index is 11.1. The van der Waals surface area contributed by atoms with Crippen LogP contribution in [0.5, 0.6) is 0 Å². The van der Waals surface area contributed by atoms with Crippen molar-refractivity contribution in [3.05, 3.63) is 32.3 Å². The van der Waals surface area contributed by atoms with Gasteiger partial charge in [0.2, 0.25) is 0 Å². The number of anilines is 1. The summed E-state index contributed by atoms with van der Waals surface area (Å²) in [6.45, 7) is 0.786. The molecule has 0 bridgehead atoms. The third-order valence-electron chi connectivity index (χ3n) is 4.22. The predicted molar refractivity (Wildman–Crippen MR) is 80.5 cm³/mol. The second-order valence-electron chi connectivity index (χ2n) is 5.76. The zero-order valence-corrected chi connectivity index (χ0v) is 12.5. The van der Waals surface area contributed by atoms with Gasteiger partial charge < -0.3 is 5.32 Å². The van der Waals surface area contributed by atoms with E-state index in [1.54, 1.807) is 6.07 Å². The molecule has 108 valence electrons. The van der Waals surface area contributed by atoms with Gasteiger partial charge in [-0.05, 0) is 49.5 Å². The molecule has 2 aliphatic carbocycles. The fraction of sp³-hybridized carbons (Fsp3) is 0.571. The van der Waals surface area contributed by atoms with Crippen LogP contribution in [0.1, 0.15) is 25.7 Å². The summed E-state index contributed by atoms with van der Waals surface area (Å²) >= 11 is 11.8. The third kappa shape index (κ3) is 3.01. The molecular weight excluding hydrogens is 299 g/mol. The summed E-state index contributed by atoms with van der Waals surface area (Å²) in [4.78, 5) is 10.7. The van der Waals surface area contributed by atoms with Gasteiger partial charge in [-0.1, -0.05) is 23.2 Å². The van der Waals surface area contributed by atoms with Gasteiger partial charge in [-0.15, -0.1) is 0 Å². The van der Waals surface area contributed by atoms with Crippen LogP contribution in [-0.4, -0.2) is 11.5 Å². The summed E-state index contributed by atoms with van der Waals surface area (Å²) in [6.07, 6.45) is 5.19. The first-order chi connectivity index (χ1) is 9.56. The normalized spacial score (nSPS) is 18.4. The van der Waals surface area contributed by atoms with E-state index in [-0.39, 0.29) is 10.7 Å². The highest BCUT2D eigenvalue weighted by molar-refractivity contribution is 6.42. The molecule has 0 radical (unpaired) electrons. The van der Waals surface area contributed by atoms with E-state index in [2.05, 4.69) is 5.32 Å². The van der Waals surface area contributed by atoms with Gasteiger partial charge in [-0.25, -0.2) is 0 Å². The number of nitrogens with zero attached hydrogens (tertiary/aromatic N) is 1. The average molecular weight is 315 g/mol. The zero-order chi connectivity index (χ0) is 14.3. The molecule has 2 aliphatic rings. The lowest BCUT2D eigenvalue weighted by atomic mass is 9.98. The predicted octanol–water partition coefficient (Wildman–Crippen LogP) is 4.75. The highest BCUT2D eigenvalue weighted by Crippen LogP contribution is 2.49. The quantitative estimate of drug-likeness (QED) is 0.609. The number of hydrogen-bond donors (Lipinski definition) is 1. The smallest absolute Gasteiger partial charge is 0.293 e. The molecule has 2 fully saturated rings. The molecular formula is C14H16Cl2N2O2. The van der Waals surface area contributed by atoms with Crippen LogP contribution >= 0.6 is 23.2 Å². The van der Waals surface area contributed by atoms with Crippen molar-refractivity contribution >= 4 is 34.6 Å². The van der Waals surface area contributed by atoms with Crippen LogP contribution in [0.15, 0.2) is 12.1 Å². The van der Waals surface area contributed by atoms with E-state index in [1.807, 2.05) is 0 Å². The zero-order valence-electron chi connectivity index (χ0n) is 10.9. The summed E-state index contributed by atoms with van der Waals surface area (Å²) < 4.78 is 0. The van der Waals surface area contributed by atoms with Crippen molar-refractivity contribution in [2.24, 2.45) is 17.8 Å². The van der Waals surface area contributed by atoms with E-state index in [0.717, 1.165) is 18.4 Å². The molecule has 1 N–H and O–H groups in total. The summed E-state index contributed by atoms with van der Waals surface area (Å²) in [5.41, 5.74) is 0.459. The Morgan fingerprint density at radius 2 is 1.75 bits per heavy atom. The van der Waals surface area contributed by atoms with Crippen LogP contribution in [0.3, 0.4) is 0 Å². The average Bonchev–Trinajstić information content (AvgIpc) is 3.26. The summed E-state index contributed by atoms with van der Waals surface area (Å²) in [5, 5.41) is 14.9. The van der Waals surface area contributed by atoms with Crippen LogP contribution in [-0.2, 0) is 0 Å². The Balaban J connectivity index is 1.75. The van der Waals surface area contributed by atoms with E-state index in [4.69, 9.17) is 23.2 Å². The Morgan fingerprint density at radius 1 is 1.20 bits per heavy atom. The lowest BCUT2D eigenvalue weighted by molar-refractivity contribution is -0.383. The fourth-order valence-electron chi connectivity index (χ4n) is 2.82. The monoisotopic (exact) mass is 314 g/mol. The molecule has 0 unspecified atom stereocenters. The third-order valence-corrected chi connectivity index (χ3v) is 4.94. The molecule has 0 spiro atoms. The van der Waals surface area contributed by atoms with Crippen molar-refractivity contribution in [2.75, 3.05) is 11.9 Å². The van der Waals surface area contributed by atoms with E-state index < -0.39 is 4.92 Å². The highest BCUT2D eigenvalue weighted by atomic mass is 35.5. The Hall–Kier alpha value is -1.00. The molecule has 4 nitrogen and oxygen atoms in total. The molecule has 1 aromatic carbocycles. The summed E-state index contributed by atoms with van der Waals surface area (Å²) in [6, 6.07) is 2.87. The van der Waals surface area contributed by atoms with Gasteiger partial charge >= 0.3 is 0 Å². The van der Waals surface area contributed by atoms with Crippen molar-refractivity contribution in [1.29, 1.82) is 0 Å². The number of nitro benzene ring substituents is 1. The van der Waals surface area contributed by atoms with Crippen LogP contribution in [0, 0.1) is 27.9 Å². The Bertz CT molecular complexity index is 530. The van der Waals surface area contributed by atoms with Gasteiger partial charge in [0, 0.05) is 12.6 Å². The second-order valence-corrected chi connectivity index (χ2v) is 6.57. The van der Waals surface area contributed by atoms with Crippen molar-refractivity contribution in [2.45, 2.75) is 25.7 Å². The minimum atomic E-state index is -0.423. The topological polar surface area (TPSA) is 55.2 Å². The van der Waals surface area contributed by atoms with Gasteiger partial charge in [-0.3, -0.25) is 10.1 Å². The Morgan fingerprint density at radius 3 is 2.25 bits per heavy atom. The first-order valence-corrected chi connectivity index (χ1v) is 7.69. The van der Waals surface area contributed by atoms with E-state index in [0.29, 0.717) is 16.6 Å². The molecule has 0 aromatic heterocycles. The SMILES string of the molecule is O=[N+]([O-])c1cc(Cl)c(Cl)cc1NCC(C1CC1)C1CC1. The number of nitrogens with one attached hydrogen (secondary N) is 1. The second kappa shape index (κ2) is 5.41. The number of hydrogen-bond acceptors (Lipinski definition) is 3. The summed E-state index contributed by atoms with van der Waals surface area (Å²) in [5.74, 6) is 2.25. The fourth-order valence-corrected chi connectivity index (χ4v) is 3.15. The molecule has 6 heteroatoms. The van der Waals surface area contributed by atoms with E-state index >= 15 is 0 Å². The Kier molecular flexibility index (Phi) is 3.78. The maximum absolute atomic E-state index is 11.1. The van der Waals surface area contributed by atoms with Gasteiger partial charge in [0.05, 0.1) is 15.0 Å². The maximum Gasteiger partial charge on any atom is 0.293 e. The van der Waals surface area contributed by atoms with Gasteiger partial charge in [0.25, 0.3) is 5.69 Å². The minimum absolute atomic E-state index is 0.00950. The molecule has 0 aliphatic heterocycles. The van der Waals surface area contributed by atoms with Crippen LogP contribution < -0.4 is 5.32 Å². The first kappa shape index (κ1) is 14.0. The van der Waals surface area contributed by atoms with Crippen LogP contribution in [0.25, 0.3) is 0 Å². The molecule has 0 saturated heterocycles. The molecule has 1 aromatic rings. The minimum Gasteiger partial charge on any atom is -0.379 e. The largest absolute Gasteiger partial charge is 0.379 e. The van der Waals surface area contributed by atoms with Crippen molar-refractivity contribution in [1.82, 2.24) is 0 Å². The van der Waals surface area contributed by atoms with E-state index in [9.17, 15) is 10.1 Å². The number of nitro groups is 1. The Labute approximate surface area is 127 Å². The van der Waals surface area contributed by atoms with Crippen molar-refractivity contribution < 1.29 is 4.92 Å². The van der Waals surface area contributed by atoms with E-state index in [1.165, 1.54) is 31.7 Å².